The third kappa shape index (κ3) is 6.06. The molecule has 158 valence electrons. The van der Waals surface area contributed by atoms with E-state index in [9.17, 15) is 8.42 Å². The highest BCUT2D eigenvalue weighted by atomic mass is 32.2. The van der Waals surface area contributed by atoms with Gasteiger partial charge in [0.2, 0.25) is 10.0 Å². The molecular weight excluding hydrogens is 390 g/mol. The first-order chi connectivity index (χ1) is 14.0. The molecule has 4 N–H and O–H groups in total. The van der Waals surface area contributed by atoms with Crippen LogP contribution in [0.2, 0.25) is 0 Å². The average Bonchev–Trinajstić information content (AvgIpc) is 3.25. The van der Waals surface area contributed by atoms with Gasteiger partial charge in [-0.3, -0.25) is 9.89 Å². The number of aliphatic imine (C=N–C) groups is 1. The van der Waals surface area contributed by atoms with Gasteiger partial charge in [-0.05, 0) is 55.8 Å². The zero-order valence-corrected chi connectivity index (χ0v) is 17.5. The van der Waals surface area contributed by atoms with Crippen LogP contribution in [0.15, 0.2) is 57.0 Å². The van der Waals surface area contributed by atoms with Crippen LogP contribution in [0.1, 0.15) is 36.6 Å². The van der Waals surface area contributed by atoms with Crippen molar-refractivity contribution in [3.05, 3.63) is 54.0 Å². The zero-order chi connectivity index (χ0) is 20.7. The second-order valence-corrected chi connectivity index (χ2v) is 8.68. The summed E-state index contributed by atoms with van der Waals surface area (Å²) in [7, 11) is -1.95. The van der Waals surface area contributed by atoms with E-state index in [0.717, 1.165) is 24.4 Å². The normalized spacial score (nSPS) is 17.1. The number of rotatable bonds is 7. The van der Waals surface area contributed by atoms with Gasteiger partial charge in [0.25, 0.3) is 0 Å². The molecule has 2 aromatic rings. The fourth-order valence-electron chi connectivity index (χ4n) is 3.52. The van der Waals surface area contributed by atoms with Crippen LogP contribution in [0.5, 0.6) is 0 Å². The number of nitrogens with zero attached hydrogens (tertiary/aromatic N) is 2. The number of hydrogen-bond donors (Lipinski definition) is 3. The summed E-state index contributed by atoms with van der Waals surface area (Å²) in [5.41, 5.74) is 0.930. The van der Waals surface area contributed by atoms with Crippen LogP contribution in [0.25, 0.3) is 0 Å². The van der Waals surface area contributed by atoms with E-state index in [2.05, 4.69) is 20.5 Å². The molecule has 1 fully saturated rings. The number of hydrogen-bond acceptors (Lipinski definition) is 5. The van der Waals surface area contributed by atoms with E-state index >= 15 is 0 Å². The van der Waals surface area contributed by atoms with Crippen molar-refractivity contribution in [2.75, 3.05) is 26.7 Å². The average molecular weight is 420 g/mol. The van der Waals surface area contributed by atoms with Crippen LogP contribution in [0.4, 0.5) is 0 Å². The lowest BCUT2D eigenvalue weighted by molar-refractivity contribution is 0.146. The summed E-state index contributed by atoms with van der Waals surface area (Å²) in [4.78, 5) is 6.84. The van der Waals surface area contributed by atoms with Crippen LogP contribution < -0.4 is 15.8 Å². The Hall–Kier alpha value is -2.36. The van der Waals surface area contributed by atoms with Crippen LogP contribution >= 0.6 is 0 Å². The van der Waals surface area contributed by atoms with Gasteiger partial charge in [-0.2, -0.15) is 0 Å². The van der Waals surface area contributed by atoms with Gasteiger partial charge < -0.3 is 15.1 Å². The number of primary sulfonamides is 1. The van der Waals surface area contributed by atoms with Gasteiger partial charge >= 0.3 is 0 Å². The molecule has 1 atom stereocenters. The Morgan fingerprint density at radius 2 is 1.90 bits per heavy atom. The highest BCUT2D eigenvalue weighted by Gasteiger charge is 2.24. The maximum Gasteiger partial charge on any atom is 0.238 e. The second kappa shape index (κ2) is 9.91. The summed E-state index contributed by atoms with van der Waals surface area (Å²) < 4.78 is 28.4. The zero-order valence-electron chi connectivity index (χ0n) is 16.7. The molecule has 0 saturated carbocycles. The van der Waals surface area contributed by atoms with E-state index in [4.69, 9.17) is 9.56 Å². The molecule has 1 aromatic carbocycles. The SMILES string of the molecule is CN=C(NCc1ccc(S(N)(=O)=O)cc1)NCC(c1ccco1)N1CCCCC1. The van der Waals surface area contributed by atoms with E-state index in [1.807, 2.05) is 12.1 Å². The van der Waals surface area contributed by atoms with Gasteiger partial charge in [-0.25, -0.2) is 13.6 Å². The number of likely N-dealkylation sites (tertiary alicyclic amines) is 1. The third-order valence-corrected chi connectivity index (χ3v) is 6.03. The summed E-state index contributed by atoms with van der Waals surface area (Å²) in [5.74, 6) is 1.63. The molecule has 0 radical (unpaired) electrons. The largest absolute Gasteiger partial charge is 0.468 e. The van der Waals surface area contributed by atoms with Gasteiger partial charge in [0, 0.05) is 20.1 Å². The molecule has 1 aromatic heterocycles. The summed E-state index contributed by atoms with van der Waals surface area (Å²) in [6.07, 6.45) is 5.41. The highest BCUT2D eigenvalue weighted by molar-refractivity contribution is 7.89. The summed E-state index contributed by atoms with van der Waals surface area (Å²) in [6.45, 7) is 3.32. The minimum atomic E-state index is -3.68. The Kier molecular flexibility index (Phi) is 7.29. The summed E-state index contributed by atoms with van der Waals surface area (Å²) >= 11 is 0. The molecule has 3 rings (SSSR count). The van der Waals surface area contributed by atoms with E-state index in [-0.39, 0.29) is 10.9 Å². The Balaban J connectivity index is 1.57. The van der Waals surface area contributed by atoms with Crippen LogP contribution in [-0.2, 0) is 16.6 Å². The Morgan fingerprint density at radius 3 is 2.48 bits per heavy atom. The number of guanidine groups is 1. The van der Waals surface area contributed by atoms with Crippen molar-refractivity contribution in [3.8, 4) is 0 Å². The number of nitrogens with one attached hydrogen (secondary N) is 2. The second-order valence-electron chi connectivity index (χ2n) is 7.12. The van der Waals surface area contributed by atoms with Crippen molar-refractivity contribution in [1.82, 2.24) is 15.5 Å². The van der Waals surface area contributed by atoms with Gasteiger partial charge in [-0.1, -0.05) is 18.6 Å². The van der Waals surface area contributed by atoms with E-state index in [0.29, 0.717) is 19.0 Å². The number of piperidine rings is 1. The summed E-state index contributed by atoms with van der Waals surface area (Å²) in [6, 6.07) is 10.6. The maximum atomic E-state index is 11.4. The molecule has 1 saturated heterocycles. The molecule has 29 heavy (non-hydrogen) atoms. The molecule has 0 amide bonds. The first kappa shape index (κ1) is 21.4. The lowest BCUT2D eigenvalue weighted by Crippen LogP contribution is -2.44. The Morgan fingerprint density at radius 1 is 1.17 bits per heavy atom. The van der Waals surface area contributed by atoms with Crippen molar-refractivity contribution in [1.29, 1.82) is 0 Å². The van der Waals surface area contributed by atoms with E-state index < -0.39 is 10.0 Å². The van der Waals surface area contributed by atoms with Gasteiger partial charge in [0.1, 0.15) is 5.76 Å². The lowest BCUT2D eigenvalue weighted by atomic mass is 10.1. The molecule has 2 heterocycles. The van der Waals surface area contributed by atoms with Crippen LogP contribution in [-0.4, -0.2) is 46.0 Å². The molecule has 8 nitrogen and oxygen atoms in total. The molecule has 1 aliphatic rings. The quantitative estimate of drug-likeness (QED) is 0.466. The molecular formula is C20H29N5O3S. The van der Waals surface area contributed by atoms with Crippen molar-refractivity contribution in [2.24, 2.45) is 10.1 Å². The fraction of sp³-hybridized carbons (Fsp3) is 0.450. The van der Waals surface area contributed by atoms with E-state index in [1.54, 1.807) is 25.4 Å². The first-order valence-corrected chi connectivity index (χ1v) is 11.4. The predicted octanol–water partition coefficient (Wildman–Crippen LogP) is 1.82. The fourth-order valence-corrected chi connectivity index (χ4v) is 4.03. The van der Waals surface area contributed by atoms with Crippen molar-refractivity contribution >= 4 is 16.0 Å². The maximum absolute atomic E-state index is 11.4. The summed E-state index contributed by atoms with van der Waals surface area (Å²) in [5, 5.41) is 11.8. The lowest BCUT2D eigenvalue weighted by Gasteiger charge is -2.33. The van der Waals surface area contributed by atoms with Crippen LogP contribution in [0, 0.1) is 0 Å². The van der Waals surface area contributed by atoms with Gasteiger partial charge in [0.15, 0.2) is 5.96 Å². The highest BCUT2D eigenvalue weighted by Crippen LogP contribution is 2.24. The number of nitrogens with two attached hydrogens (primary N) is 1. The molecule has 0 spiro atoms. The molecule has 1 aliphatic heterocycles. The smallest absolute Gasteiger partial charge is 0.238 e. The van der Waals surface area contributed by atoms with Gasteiger partial charge in [-0.15, -0.1) is 0 Å². The van der Waals surface area contributed by atoms with Crippen molar-refractivity contribution in [3.63, 3.8) is 0 Å². The Bertz CT molecular complexity index is 889. The van der Waals surface area contributed by atoms with Gasteiger partial charge in [0.05, 0.1) is 17.2 Å². The number of benzene rings is 1. The number of sulfonamides is 1. The minimum absolute atomic E-state index is 0.103. The van der Waals surface area contributed by atoms with Crippen molar-refractivity contribution < 1.29 is 12.8 Å². The molecule has 0 bridgehead atoms. The monoisotopic (exact) mass is 419 g/mol. The van der Waals surface area contributed by atoms with E-state index in [1.165, 1.54) is 31.4 Å². The molecule has 0 aliphatic carbocycles. The number of furan rings is 1. The standard InChI is InChI=1S/C20H29N5O3S/c1-22-20(23-14-16-7-9-17(10-8-16)29(21,26)27)24-15-18(19-6-5-13-28-19)25-11-3-2-4-12-25/h5-10,13,18H,2-4,11-12,14-15H2,1H3,(H2,21,26,27)(H2,22,23,24). The Labute approximate surface area is 172 Å². The van der Waals surface area contributed by atoms with Crippen molar-refractivity contribution in [2.45, 2.75) is 36.7 Å². The molecule has 1 unspecified atom stereocenters. The van der Waals surface area contributed by atoms with Crippen LogP contribution in [0.3, 0.4) is 0 Å². The first-order valence-electron chi connectivity index (χ1n) is 9.81. The minimum Gasteiger partial charge on any atom is -0.468 e. The topological polar surface area (TPSA) is 113 Å². The third-order valence-electron chi connectivity index (χ3n) is 5.10. The predicted molar refractivity (Wildman–Crippen MR) is 113 cm³/mol. The molecule has 9 heteroatoms.